The first-order chi connectivity index (χ1) is 37.5. The topological polar surface area (TPSA) is 50.9 Å². The van der Waals surface area contributed by atoms with Crippen LogP contribution in [0, 0.1) is 0 Å². The van der Waals surface area contributed by atoms with Gasteiger partial charge in [0.25, 0.3) is 0 Å². The molecule has 2 heterocycles. The molecule has 0 saturated heterocycles. The predicted molar refractivity (Wildman–Crippen MR) is 281 cm³/mol. The minimum absolute atomic E-state index is 0.0830. The van der Waals surface area contributed by atoms with E-state index in [1.807, 2.05) is 69.3 Å². The van der Waals surface area contributed by atoms with Crippen molar-refractivity contribution >= 4 is 11.0 Å². The first-order valence-electron chi connectivity index (χ1n) is 30.3. The molecule has 0 aliphatic heterocycles. The van der Waals surface area contributed by atoms with Crippen LogP contribution in [0.4, 0.5) is 0 Å². The molecule has 4 heteroatoms. The zero-order chi connectivity index (χ0) is 61.3. The van der Waals surface area contributed by atoms with Gasteiger partial charge in [0.05, 0.1) is 37.6 Å². The van der Waals surface area contributed by atoms with Gasteiger partial charge in [0, 0.05) is 40.8 Å². The lowest BCUT2D eigenvalue weighted by atomic mass is 9.79. The van der Waals surface area contributed by atoms with Crippen LogP contribution in [0.1, 0.15) is 153 Å². The van der Waals surface area contributed by atoms with Crippen LogP contribution in [0.25, 0.3) is 72.7 Å². The van der Waals surface area contributed by atoms with E-state index < -0.39 is 95.9 Å². The third-order valence-corrected chi connectivity index (χ3v) is 12.1. The standard InChI is InChI=1S/C62H69N3O/c1-58(2,3)44-26-24-39(25-27-44)41-30-31-63-52(35-41)43-32-42(33-46(34-43)60(7,8)9)48-22-19-23-54-55(48)64-57(50-37-47(61(10,11)12)38-51(56(50)66)62(13,14)15)65(54)53-29-28-45(59(4,5)6)36-49(53)40-20-17-16-18-21-40/h16-38,66H,1-15H3/i1D3,2D3,3D3,24D,25D,26D,27D,30D,31D,35D. The summed E-state index contributed by atoms with van der Waals surface area (Å²) < 4.78 is 141. The lowest BCUT2D eigenvalue weighted by Gasteiger charge is -2.28. The molecule has 0 unspecified atom stereocenters. The summed E-state index contributed by atoms with van der Waals surface area (Å²) in [6.07, 6.45) is -0.726. The number of nitrogens with zero attached hydrogens (tertiary/aromatic N) is 3. The van der Waals surface area contributed by atoms with Crippen LogP contribution < -0.4 is 0 Å². The molecule has 0 saturated carbocycles. The summed E-state index contributed by atoms with van der Waals surface area (Å²) in [6.45, 7) is 13.2. The number of hydrogen-bond acceptors (Lipinski definition) is 3. The summed E-state index contributed by atoms with van der Waals surface area (Å²) >= 11 is 0. The number of aromatic nitrogens is 3. The first-order valence-corrected chi connectivity index (χ1v) is 22.3. The largest absolute Gasteiger partial charge is 0.507 e. The fourth-order valence-electron chi connectivity index (χ4n) is 8.17. The Kier molecular flexibility index (Phi) is 7.56. The summed E-state index contributed by atoms with van der Waals surface area (Å²) in [4.78, 5) is 10.00. The normalized spacial score (nSPS) is 16.9. The van der Waals surface area contributed by atoms with E-state index in [1.165, 1.54) is 0 Å². The molecule has 0 bridgehead atoms. The zero-order valence-electron chi connectivity index (χ0n) is 56.0. The number of para-hydroxylation sites is 1. The van der Waals surface area contributed by atoms with Gasteiger partial charge in [-0.15, -0.1) is 0 Å². The molecule has 0 radical (unpaired) electrons. The van der Waals surface area contributed by atoms with Crippen molar-refractivity contribution in [3.05, 3.63) is 167 Å². The minimum Gasteiger partial charge on any atom is -0.507 e. The number of rotatable bonds is 6. The monoisotopic (exact) mass is 888 g/mol. The van der Waals surface area contributed by atoms with Gasteiger partial charge in [-0.25, -0.2) is 4.98 Å². The van der Waals surface area contributed by atoms with Gasteiger partial charge in [0.2, 0.25) is 0 Å². The Balaban J connectivity index is 1.47. The Morgan fingerprint density at radius 3 is 1.77 bits per heavy atom. The van der Waals surface area contributed by atoms with Crippen molar-refractivity contribution in [1.82, 2.24) is 14.5 Å². The highest BCUT2D eigenvalue weighted by Gasteiger charge is 2.30. The Labute approximate surface area is 417 Å². The molecule has 8 rings (SSSR count). The first kappa shape index (κ1) is 30.1. The Morgan fingerprint density at radius 2 is 1.14 bits per heavy atom. The maximum absolute atomic E-state index is 12.6. The van der Waals surface area contributed by atoms with Gasteiger partial charge in [-0.2, -0.15) is 0 Å². The molecule has 6 aromatic carbocycles. The molecule has 0 aliphatic rings. The van der Waals surface area contributed by atoms with E-state index in [-0.39, 0.29) is 27.8 Å². The van der Waals surface area contributed by atoms with E-state index in [0.29, 0.717) is 33.5 Å². The number of hydrogen-bond donors (Lipinski definition) is 1. The van der Waals surface area contributed by atoms with Crippen LogP contribution in [0.3, 0.4) is 0 Å². The van der Waals surface area contributed by atoms with E-state index >= 15 is 0 Å². The highest BCUT2D eigenvalue weighted by molar-refractivity contribution is 5.98. The van der Waals surface area contributed by atoms with E-state index in [4.69, 9.17) is 22.8 Å². The predicted octanol–water partition coefficient (Wildman–Crippen LogP) is 16.9. The zero-order valence-corrected chi connectivity index (χ0v) is 40.0. The SMILES string of the molecule is [2H]c1nc(-c2cc(-c3cccc4c3nc(-c3cc(C(C)(C)C)cc(C(C)(C)C)c3O)n4-c3ccc(C(C)(C)C)cc3-c3ccccc3)cc(C(C)(C)C)c2)c([2H])c(-c2c([2H])c([2H])c(C(C([2H])([2H])[2H])(C([2H])([2H])[2H])C([2H])([2H])[2H])c([2H])c2[2H])c1[2H]. The fraction of sp³-hybridized carbons (Fsp3) is 0.323. The van der Waals surface area contributed by atoms with Gasteiger partial charge in [-0.3, -0.25) is 9.55 Å². The molecule has 0 amide bonds. The van der Waals surface area contributed by atoms with Crippen LogP contribution >= 0.6 is 0 Å². The van der Waals surface area contributed by atoms with Crippen LogP contribution in [0.15, 0.2) is 139 Å². The second-order valence-corrected chi connectivity index (χ2v) is 21.5. The molecular formula is C62H69N3O. The molecule has 338 valence electrons. The highest BCUT2D eigenvalue weighted by atomic mass is 16.3. The Hall–Kier alpha value is -6.26. The van der Waals surface area contributed by atoms with Crippen LogP contribution in [-0.2, 0) is 27.1 Å². The van der Waals surface area contributed by atoms with Gasteiger partial charge in [0.1, 0.15) is 11.6 Å². The summed E-state index contributed by atoms with van der Waals surface area (Å²) in [7, 11) is 0. The molecule has 0 spiro atoms. The quantitative estimate of drug-likeness (QED) is 0.181. The third-order valence-electron chi connectivity index (χ3n) is 12.1. The lowest BCUT2D eigenvalue weighted by Crippen LogP contribution is -2.17. The smallest absolute Gasteiger partial charge is 0.149 e. The Bertz CT molecular complexity index is 3780. The Morgan fingerprint density at radius 1 is 0.500 bits per heavy atom. The van der Waals surface area contributed by atoms with Crippen molar-refractivity contribution in [2.24, 2.45) is 0 Å². The summed E-state index contributed by atoms with van der Waals surface area (Å²) in [5.74, 6) is 0.550. The lowest BCUT2D eigenvalue weighted by molar-refractivity contribution is 0.446. The highest BCUT2D eigenvalue weighted by Crippen LogP contribution is 2.46. The number of fused-ring (bicyclic) bond motifs is 1. The summed E-state index contributed by atoms with van der Waals surface area (Å²) in [5.41, 5.74) is 0.994. The van der Waals surface area contributed by atoms with Crippen molar-refractivity contribution in [2.45, 2.75) is 131 Å². The number of imidazole rings is 1. The van der Waals surface area contributed by atoms with Gasteiger partial charge in [-0.1, -0.05) is 188 Å². The van der Waals surface area contributed by atoms with Crippen LogP contribution in [0.5, 0.6) is 5.75 Å². The van der Waals surface area contributed by atoms with E-state index in [2.05, 4.69) is 108 Å². The molecule has 66 heavy (non-hydrogen) atoms. The van der Waals surface area contributed by atoms with Gasteiger partial charge >= 0.3 is 0 Å². The van der Waals surface area contributed by atoms with Crippen LogP contribution in [-0.4, -0.2) is 19.6 Å². The number of phenolic OH excluding ortho intramolecular Hbond substituents is 1. The molecular weight excluding hydrogens is 803 g/mol. The van der Waals surface area contributed by atoms with E-state index in [9.17, 15) is 9.22 Å². The molecule has 1 N–H and O–H groups in total. The van der Waals surface area contributed by atoms with Crippen LogP contribution in [0.2, 0.25) is 0 Å². The summed E-state index contributed by atoms with van der Waals surface area (Å²) in [6, 6.07) is 25.6. The molecule has 0 aliphatic carbocycles. The number of pyridine rings is 1. The molecule has 0 fully saturated rings. The number of phenols is 1. The molecule has 4 nitrogen and oxygen atoms in total. The van der Waals surface area contributed by atoms with Gasteiger partial charge in [0.15, 0.2) is 0 Å². The van der Waals surface area contributed by atoms with Crippen molar-refractivity contribution in [2.75, 3.05) is 0 Å². The second-order valence-electron chi connectivity index (χ2n) is 21.5. The second kappa shape index (κ2) is 16.6. The van der Waals surface area contributed by atoms with Crippen molar-refractivity contribution < 1.29 is 27.0 Å². The van der Waals surface area contributed by atoms with Crippen molar-refractivity contribution in [3.8, 4) is 67.5 Å². The molecule has 8 aromatic rings. The fourth-order valence-corrected chi connectivity index (χ4v) is 8.17. The maximum Gasteiger partial charge on any atom is 0.149 e. The molecule has 2 aromatic heterocycles. The van der Waals surface area contributed by atoms with Gasteiger partial charge < -0.3 is 5.11 Å². The average molecular weight is 888 g/mol. The van der Waals surface area contributed by atoms with Crippen molar-refractivity contribution in [3.63, 3.8) is 0 Å². The maximum atomic E-state index is 12.6. The van der Waals surface area contributed by atoms with Gasteiger partial charge in [-0.05, 0) is 120 Å². The van der Waals surface area contributed by atoms with Crippen molar-refractivity contribution in [1.29, 1.82) is 0 Å². The minimum atomic E-state index is -3.92. The number of benzene rings is 6. The molecule has 0 atom stereocenters. The number of aromatic hydroxyl groups is 1. The van der Waals surface area contributed by atoms with E-state index in [0.717, 1.165) is 39.1 Å². The average Bonchev–Trinajstić information content (AvgIpc) is 0.796. The third kappa shape index (κ3) is 9.12. The summed E-state index contributed by atoms with van der Waals surface area (Å²) in [5, 5.41) is 12.6. The van der Waals surface area contributed by atoms with E-state index in [1.54, 1.807) is 12.1 Å².